The Labute approximate surface area is 157 Å². The number of thiazole rings is 1. The van der Waals surface area contributed by atoms with E-state index < -0.39 is 0 Å². The van der Waals surface area contributed by atoms with E-state index in [1.807, 2.05) is 36.1 Å². The van der Waals surface area contributed by atoms with E-state index in [1.165, 1.54) is 10.3 Å². The van der Waals surface area contributed by atoms with Gasteiger partial charge in [0.25, 0.3) is 0 Å². The molecule has 0 atom stereocenters. The number of aryl methyl sites for hydroxylation is 2. The summed E-state index contributed by atoms with van der Waals surface area (Å²) in [5.41, 5.74) is 4.29. The Hall–Kier alpha value is -2.60. The number of nitrogens with one attached hydrogen (secondary N) is 1. The topological polar surface area (TPSA) is 48.5 Å². The van der Waals surface area contributed by atoms with Crippen LogP contribution in [0.5, 0.6) is 0 Å². The van der Waals surface area contributed by atoms with Gasteiger partial charge in [-0.05, 0) is 49.2 Å². The average molecular weight is 366 g/mol. The number of anilines is 2. The number of carbonyl (C=O) groups is 1. The second kappa shape index (κ2) is 6.96. The average Bonchev–Trinajstić information content (AvgIpc) is 3.05. The summed E-state index contributed by atoms with van der Waals surface area (Å²) in [5.74, 6) is 0. The van der Waals surface area contributed by atoms with E-state index in [2.05, 4.69) is 35.3 Å². The second-order valence-electron chi connectivity index (χ2n) is 6.74. The van der Waals surface area contributed by atoms with Crippen molar-refractivity contribution in [2.75, 3.05) is 36.4 Å². The lowest BCUT2D eigenvalue weighted by Gasteiger charge is -2.34. The standard InChI is InChI=1S/C20H22N4OS/c1-14-4-3-5-16(12-14)21-19(25)23-8-10-24(11-9-23)20-22-17-7-6-15(2)13-18(17)26-20/h3-7,12-13H,8-11H2,1-2H3,(H,21,25). The van der Waals surface area contributed by atoms with Gasteiger partial charge in [-0.2, -0.15) is 0 Å². The molecule has 0 saturated carbocycles. The van der Waals surface area contributed by atoms with E-state index in [-0.39, 0.29) is 6.03 Å². The van der Waals surface area contributed by atoms with Crippen molar-refractivity contribution < 1.29 is 4.79 Å². The molecule has 2 aromatic carbocycles. The van der Waals surface area contributed by atoms with Crippen LogP contribution in [0.1, 0.15) is 11.1 Å². The molecule has 0 aliphatic carbocycles. The highest BCUT2D eigenvalue weighted by molar-refractivity contribution is 7.22. The molecule has 3 aromatic rings. The van der Waals surface area contributed by atoms with Crippen molar-refractivity contribution in [3.8, 4) is 0 Å². The summed E-state index contributed by atoms with van der Waals surface area (Å²) in [6, 6.07) is 14.2. The fourth-order valence-electron chi connectivity index (χ4n) is 3.18. The molecule has 1 aromatic heterocycles. The van der Waals surface area contributed by atoms with Crippen molar-refractivity contribution in [3.05, 3.63) is 53.6 Å². The molecule has 0 unspecified atom stereocenters. The van der Waals surface area contributed by atoms with Crippen LogP contribution < -0.4 is 10.2 Å². The minimum absolute atomic E-state index is 0.0322. The Kier molecular flexibility index (Phi) is 4.51. The largest absolute Gasteiger partial charge is 0.345 e. The third kappa shape index (κ3) is 3.51. The van der Waals surface area contributed by atoms with Crippen LogP contribution in [0.4, 0.5) is 15.6 Å². The minimum Gasteiger partial charge on any atom is -0.345 e. The normalized spacial score (nSPS) is 14.7. The Morgan fingerprint density at radius 2 is 1.81 bits per heavy atom. The van der Waals surface area contributed by atoms with Crippen molar-refractivity contribution in [1.29, 1.82) is 0 Å². The van der Waals surface area contributed by atoms with Crippen LogP contribution in [0.3, 0.4) is 0 Å². The maximum absolute atomic E-state index is 12.5. The first kappa shape index (κ1) is 16.8. The molecule has 1 aliphatic heterocycles. The highest BCUT2D eigenvalue weighted by atomic mass is 32.1. The molecule has 4 rings (SSSR count). The van der Waals surface area contributed by atoms with Gasteiger partial charge < -0.3 is 15.1 Å². The molecule has 1 aliphatic rings. The molecule has 6 heteroatoms. The lowest BCUT2D eigenvalue weighted by atomic mass is 10.2. The van der Waals surface area contributed by atoms with Crippen molar-refractivity contribution >= 4 is 38.4 Å². The number of urea groups is 1. The predicted molar refractivity (Wildman–Crippen MR) is 108 cm³/mol. The van der Waals surface area contributed by atoms with Gasteiger partial charge in [0.05, 0.1) is 10.2 Å². The van der Waals surface area contributed by atoms with Crippen LogP contribution in [0.25, 0.3) is 10.2 Å². The number of aromatic nitrogens is 1. The van der Waals surface area contributed by atoms with Gasteiger partial charge in [-0.3, -0.25) is 0 Å². The molecule has 0 radical (unpaired) electrons. The van der Waals surface area contributed by atoms with Gasteiger partial charge in [-0.25, -0.2) is 9.78 Å². The number of piperazine rings is 1. The molecular formula is C20H22N4OS. The summed E-state index contributed by atoms with van der Waals surface area (Å²) in [5, 5.41) is 4.04. The lowest BCUT2D eigenvalue weighted by molar-refractivity contribution is 0.208. The summed E-state index contributed by atoms with van der Waals surface area (Å²) in [7, 11) is 0. The summed E-state index contributed by atoms with van der Waals surface area (Å²) in [6.45, 7) is 7.14. The molecule has 2 heterocycles. The molecule has 0 bridgehead atoms. The van der Waals surface area contributed by atoms with Crippen LogP contribution in [-0.2, 0) is 0 Å². The van der Waals surface area contributed by atoms with E-state index in [0.717, 1.165) is 35.0 Å². The smallest absolute Gasteiger partial charge is 0.321 e. The van der Waals surface area contributed by atoms with Gasteiger partial charge in [0.15, 0.2) is 5.13 Å². The van der Waals surface area contributed by atoms with Crippen LogP contribution in [-0.4, -0.2) is 42.1 Å². The number of fused-ring (bicyclic) bond motifs is 1. The molecule has 26 heavy (non-hydrogen) atoms. The first-order chi connectivity index (χ1) is 12.6. The Morgan fingerprint density at radius 1 is 1.04 bits per heavy atom. The van der Waals surface area contributed by atoms with Crippen LogP contribution in [0.15, 0.2) is 42.5 Å². The zero-order chi connectivity index (χ0) is 18.1. The third-order valence-electron chi connectivity index (χ3n) is 4.64. The van der Waals surface area contributed by atoms with E-state index in [9.17, 15) is 4.79 Å². The Morgan fingerprint density at radius 3 is 2.58 bits per heavy atom. The highest BCUT2D eigenvalue weighted by Crippen LogP contribution is 2.30. The second-order valence-corrected chi connectivity index (χ2v) is 7.75. The van der Waals surface area contributed by atoms with Gasteiger partial charge in [-0.15, -0.1) is 0 Å². The SMILES string of the molecule is Cc1cccc(NC(=O)N2CCN(c3nc4ccc(C)cc4s3)CC2)c1. The molecule has 1 N–H and O–H groups in total. The number of nitrogens with zero attached hydrogens (tertiary/aromatic N) is 3. The first-order valence-corrected chi connectivity index (χ1v) is 9.65. The molecule has 0 spiro atoms. The van der Waals surface area contributed by atoms with Crippen molar-refractivity contribution in [2.45, 2.75) is 13.8 Å². The molecule has 1 fully saturated rings. The zero-order valence-electron chi connectivity index (χ0n) is 15.0. The minimum atomic E-state index is -0.0322. The summed E-state index contributed by atoms with van der Waals surface area (Å²) >= 11 is 1.73. The summed E-state index contributed by atoms with van der Waals surface area (Å²) < 4.78 is 1.22. The van der Waals surface area contributed by atoms with Gasteiger partial charge in [-0.1, -0.05) is 29.5 Å². The molecular weight excluding hydrogens is 344 g/mol. The van der Waals surface area contributed by atoms with Crippen LogP contribution in [0, 0.1) is 13.8 Å². The lowest BCUT2D eigenvalue weighted by Crippen LogP contribution is -2.50. The summed E-state index contributed by atoms with van der Waals surface area (Å²) in [6.07, 6.45) is 0. The molecule has 2 amide bonds. The number of benzene rings is 2. The first-order valence-electron chi connectivity index (χ1n) is 8.83. The van der Waals surface area contributed by atoms with Crippen molar-refractivity contribution in [3.63, 3.8) is 0 Å². The number of carbonyl (C=O) groups excluding carboxylic acids is 1. The highest BCUT2D eigenvalue weighted by Gasteiger charge is 2.23. The number of hydrogen-bond acceptors (Lipinski definition) is 4. The van der Waals surface area contributed by atoms with Crippen LogP contribution in [0.2, 0.25) is 0 Å². The third-order valence-corrected chi connectivity index (χ3v) is 5.72. The molecule has 5 nitrogen and oxygen atoms in total. The van der Waals surface area contributed by atoms with Crippen molar-refractivity contribution in [1.82, 2.24) is 9.88 Å². The Bertz CT molecular complexity index is 944. The number of amides is 2. The van der Waals surface area contributed by atoms with Gasteiger partial charge in [0, 0.05) is 31.9 Å². The van der Waals surface area contributed by atoms with Gasteiger partial charge in [0.2, 0.25) is 0 Å². The van der Waals surface area contributed by atoms with E-state index in [1.54, 1.807) is 11.3 Å². The quantitative estimate of drug-likeness (QED) is 0.737. The van der Waals surface area contributed by atoms with E-state index in [4.69, 9.17) is 4.98 Å². The maximum atomic E-state index is 12.5. The fraction of sp³-hybridized carbons (Fsp3) is 0.300. The van der Waals surface area contributed by atoms with Gasteiger partial charge in [0.1, 0.15) is 0 Å². The van der Waals surface area contributed by atoms with E-state index >= 15 is 0 Å². The van der Waals surface area contributed by atoms with Crippen molar-refractivity contribution in [2.24, 2.45) is 0 Å². The number of rotatable bonds is 2. The number of hydrogen-bond donors (Lipinski definition) is 1. The molecule has 1 saturated heterocycles. The molecule has 134 valence electrons. The fourth-order valence-corrected chi connectivity index (χ4v) is 4.30. The predicted octanol–water partition coefficient (Wildman–Crippen LogP) is 4.27. The monoisotopic (exact) mass is 366 g/mol. The van der Waals surface area contributed by atoms with Crippen LogP contribution >= 0.6 is 11.3 Å². The summed E-state index contributed by atoms with van der Waals surface area (Å²) in [4.78, 5) is 21.4. The Balaban J connectivity index is 1.39. The van der Waals surface area contributed by atoms with Gasteiger partial charge >= 0.3 is 6.03 Å². The maximum Gasteiger partial charge on any atom is 0.321 e. The van der Waals surface area contributed by atoms with E-state index in [0.29, 0.717) is 13.1 Å². The zero-order valence-corrected chi connectivity index (χ0v) is 15.8.